The van der Waals surface area contributed by atoms with E-state index in [-0.39, 0.29) is 11.7 Å². The average molecular weight is 316 g/mol. The van der Waals surface area contributed by atoms with E-state index in [2.05, 4.69) is 10.3 Å². The number of halogens is 1. The number of carbonyl (C=O) groups excluding carboxylic acids is 1. The van der Waals surface area contributed by atoms with Crippen molar-refractivity contribution in [3.8, 4) is 0 Å². The van der Waals surface area contributed by atoms with Gasteiger partial charge in [-0.3, -0.25) is 4.79 Å². The van der Waals surface area contributed by atoms with E-state index in [0.717, 1.165) is 22.2 Å². The van der Waals surface area contributed by atoms with Gasteiger partial charge in [0.05, 0.1) is 5.52 Å². The molecule has 0 radical (unpaired) electrons. The first-order valence-corrected chi connectivity index (χ1v) is 8.09. The highest BCUT2D eigenvalue weighted by molar-refractivity contribution is 7.08. The van der Waals surface area contributed by atoms with Gasteiger partial charge in [-0.1, -0.05) is 6.07 Å². The Hall–Kier alpha value is -2.14. The minimum atomic E-state index is -0.239. The standard InChI is InChI=1S/C17H17FN2OS/c1-10-3-4-14(18)16-15(10)13(11(2)20-16)5-7-19-17(21)12-6-8-22-9-12/h3-4,6,8-9,20H,5,7H2,1-2H3,(H,19,21). The van der Waals surface area contributed by atoms with E-state index in [1.807, 2.05) is 24.6 Å². The lowest BCUT2D eigenvalue weighted by atomic mass is 10.0. The van der Waals surface area contributed by atoms with Crippen LogP contribution in [0.1, 0.15) is 27.2 Å². The summed E-state index contributed by atoms with van der Waals surface area (Å²) in [4.78, 5) is 15.0. The zero-order valence-electron chi connectivity index (χ0n) is 12.5. The molecule has 0 bridgehead atoms. The van der Waals surface area contributed by atoms with Crippen molar-refractivity contribution in [2.45, 2.75) is 20.3 Å². The first-order chi connectivity index (χ1) is 10.6. The van der Waals surface area contributed by atoms with E-state index in [1.54, 1.807) is 12.1 Å². The maximum absolute atomic E-state index is 13.9. The van der Waals surface area contributed by atoms with Crippen LogP contribution in [0.2, 0.25) is 0 Å². The van der Waals surface area contributed by atoms with Crippen molar-refractivity contribution in [2.24, 2.45) is 0 Å². The molecule has 0 fully saturated rings. The number of thiophene rings is 1. The summed E-state index contributed by atoms with van der Waals surface area (Å²) in [5, 5.41) is 7.55. The third-order valence-corrected chi connectivity index (χ3v) is 4.56. The van der Waals surface area contributed by atoms with Gasteiger partial charge in [0.15, 0.2) is 0 Å². The summed E-state index contributed by atoms with van der Waals surface area (Å²) in [6.07, 6.45) is 0.673. The van der Waals surface area contributed by atoms with Gasteiger partial charge >= 0.3 is 0 Å². The van der Waals surface area contributed by atoms with E-state index in [9.17, 15) is 9.18 Å². The van der Waals surface area contributed by atoms with Crippen LogP contribution in [0, 0.1) is 19.7 Å². The molecule has 3 nitrogen and oxygen atoms in total. The second kappa shape index (κ2) is 5.93. The van der Waals surface area contributed by atoms with Gasteiger partial charge in [-0.25, -0.2) is 4.39 Å². The van der Waals surface area contributed by atoms with Crippen molar-refractivity contribution < 1.29 is 9.18 Å². The molecule has 3 aromatic rings. The molecule has 0 atom stereocenters. The largest absolute Gasteiger partial charge is 0.356 e. The zero-order valence-corrected chi connectivity index (χ0v) is 13.3. The topological polar surface area (TPSA) is 44.9 Å². The Bertz CT molecular complexity index is 821. The van der Waals surface area contributed by atoms with Gasteiger partial charge in [0.2, 0.25) is 0 Å². The number of nitrogens with one attached hydrogen (secondary N) is 2. The number of carbonyl (C=O) groups is 1. The molecule has 0 spiro atoms. The van der Waals surface area contributed by atoms with Crippen molar-refractivity contribution in [2.75, 3.05) is 6.54 Å². The van der Waals surface area contributed by atoms with Crippen LogP contribution < -0.4 is 5.32 Å². The highest BCUT2D eigenvalue weighted by Crippen LogP contribution is 2.27. The second-order valence-electron chi connectivity index (χ2n) is 5.36. The molecule has 22 heavy (non-hydrogen) atoms. The number of aryl methyl sites for hydroxylation is 2. The van der Waals surface area contributed by atoms with Gasteiger partial charge < -0.3 is 10.3 Å². The molecule has 0 saturated heterocycles. The number of benzene rings is 1. The van der Waals surface area contributed by atoms with Crippen LogP contribution in [0.5, 0.6) is 0 Å². The van der Waals surface area contributed by atoms with Gasteiger partial charge in [0, 0.05) is 28.6 Å². The zero-order chi connectivity index (χ0) is 15.7. The summed E-state index contributed by atoms with van der Waals surface area (Å²) in [6, 6.07) is 5.07. The third kappa shape index (κ3) is 2.64. The fraction of sp³-hybridized carbons (Fsp3) is 0.235. The Kier molecular flexibility index (Phi) is 3.98. The molecule has 3 rings (SSSR count). The van der Waals surface area contributed by atoms with E-state index >= 15 is 0 Å². The van der Waals surface area contributed by atoms with Gasteiger partial charge in [-0.05, 0) is 48.9 Å². The number of H-pyrrole nitrogens is 1. The molecular formula is C17H17FN2OS. The smallest absolute Gasteiger partial charge is 0.252 e. The molecule has 0 aliphatic carbocycles. The Labute approximate surface area is 132 Å². The number of aromatic amines is 1. The number of fused-ring (bicyclic) bond motifs is 1. The SMILES string of the molecule is Cc1[nH]c2c(F)ccc(C)c2c1CCNC(=O)c1ccsc1. The fourth-order valence-electron chi connectivity index (χ4n) is 2.75. The maximum Gasteiger partial charge on any atom is 0.252 e. The highest BCUT2D eigenvalue weighted by Gasteiger charge is 2.14. The Morgan fingerprint density at radius 3 is 2.86 bits per heavy atom. The molecule has 1 amide bonds. The lowest BCUT2D eigenvalue weighted by Gasteiger charge is -2.06. The second-order valence-corrected chi connectivity index (χ2v) is 6.14. The quantitative estimate of drug-likeness (QED) is 0.752. The summed E-state index contributed by atoms with van der Waals surface area (Å²) in [7, 11) is 0. The van der Waals surface area contributed by atoms with Crippen molar-refractivity contribution in [1.29, 1.82) is 0 Å². The van der Waals surface area contributed by atoms with Gasteiger partial charge in [-0.15, -0.1) is 0 Å². The summed E-state index contributed by atoms with van der Waals surface area (Å²) in [6.45, 7) is 4.44. The number of hydrogen-bond acceptors (Lipinski definition) is 2. The molecule has 114 valence electrons. The molecule has 0 saturated carbocycles. The summed E-state index contributed by atoms with van der Waals surface area (Å²) < 4.78 is 13.9. The van der Waals surface area contributed by atoms with Gasteiger partial charge in [0.25, 0.3) is 5.91 Å². The molecule has 1 aromatic carbocycles. The van der Waals surface area contributed by atoms with Crippen LogP contribution in [0.25, 0.3) is 10.9 Å². The third-order valence-electron chi connectivity index (χ3n) is 3.87. The summed E-state index contributed by atoms with van der Waals surface area (Å²) >= 11 is 1.50. The first-order valence-electron chi connectivity index (χ1n) is 7.14. The predicted octanol–water partition coefficient (Wildman–Crippen LogP) is 3.96. The van der Waals surface area contributed by atoms with E-state index in [0.29, 0.717) is 24.0 Å². The molecule has 0 aliphatic heterocycles. The monoisotopic (exact) mass is 316 g/mol. The van der Waals surface area contributed by atoms with E-state index in [4.69, 9.17) is 0 Å². The molecule has 0 unspecified atom stereocenters. The van der Waals surface area contributed by atoms with Crippen LogP contribution in [-0.2, 0) is 6.42 Å². The molecule has 2 aromatic heterocycles. The van der Waals surface area contributed by atoms with Crippen LogP contribution in [0.4, 0.5) is 4.39 Å². The van der Waals surface area contributed by atoms with Gasteiger partial charge in [-0.2, -0.15) is 11.3 Å². The van der Waals surface area contributed by atoms with Crippen LogP contribution in [-0.4, -0.2) is 17.4 Å². The van der Waals surface area contributed by atoms with Crippen molar-refractivity contribution in [3.05, 3.63) is 57.2 Å². The van der Waals surface area contributed by atoms with Crippen molar-refractivity contribution in [3.63, 3.8) is 0 Å². The average Bonchev–Trinajstić information content (AvgIpc) is 3.12. The molecule has 2 N–H and O–H groups in total. The highest BCUT2D eigenvalue weighted by atomic mass is 32.1. The number of hydrogen-bond donors (Lipinski definition) is 2. The minimum absolute atomic E-state index is 0.0679. The van der Waals surface area contributed by atoms with Crippen molar-refractivity contribution in [1.82, 2.24) is 10.3 Å². The normalized spacial score (nSPS) is 11.0. The van der Waals surface area contributed by atoms with E-state index in [1.165, 1.54) is 17.4 Å². The summed E-state index contributed by atoms with van der Waals surface area (Å²) in [5.41, 5.74) is 4.30. The Balaban J connectivity index is 1.78. The minimum Gasteiger partial charge on any atom is -0.356 e. The van der Waals surface area contributed by atoms with Gasteiger partial charge in [0.1, 0.15) is 5.82 Å². The van der Waals surface area contributed by atoms with Crippen LogP contribution in [0.3, 0.4) is 0 Å². The molecule has 5 heteroatoms. The lowest BCUT2D eigenvalue weighted by Crippen LogP contribution is -2.25. The molecule has 2 heterocycles. The lowest BCUT2D eigenvalue weighted by molar-refractivity contribution is 0.0954. The van der Waals surface area contributed by atoms with Crippen LogP contribution >= 0.6 is 11.3 Å². The Morgan fingerprint density at radius 1 is 1.32 bits per heavy atom. The molecule has 0 aliphatic rings. The van der Waals surface area contributed by atoms with Crippen molar-refractivity contribution >= 4 is 28.1 Å². The number of rotatable bonds is 4. The number of amides is 1. The maximum atomic E-state index is 13.9. The summed E-state index contributed by atoms with van der Waals surface area (Å²) in [5.74, 6) is -0.307. The fourth-order valence-corrected chi connectivity index (χ4v) is 3.39. The van der Waals surface area contributed by atoms with E-state index < -0.39 is 0 Å². The first kappa shape index (κ1) is 14.8. The number of aromatic nitrogens is 1. The predicted molar refractivity (Wildman–Crippen MR) is 88.1 cm³/mol. The Morgan fingerprint density at radius 2 is 2.14 bits per heavy atom. The van der Waals surface area contributed by atoms with Crippen LogP contribution in [0.15, 0.2) is 29.0 Å². The molecular weight excluding hydrogens is 299 g/mol.